The zero-order chi connectivity index (χ0) is 27.1. The Balaban J connectivity index is 1.47. The van der Waals surface area contributed by atoms with Crippen molar-refractivity contribution in [3.63, 3.8) is 0 Å². The van der Waals surface area contributed by atoms with E-state index in [4.69, 9.17) is 16.3 Å². The van der Waals surface area contributed by atoms with Crippen LogP contribution in [0.4, 0.5) is 5.13 Å². The van der Waals surface area contributed by atoms with Crippen LogP contribution in [0.25, 0.3) is 10.2 Å². The molecule has 15 heteroatoms. The number of amides is 1. The Bertz CT molecular complexity index is 1550. The van der Waals surface area contributed by atoms with Gasteiger partial charge in [-0.15, -0.1) is 11.3 Å². The van der Waals surface area contributed by atoms with Crippen LogP contribution in [0.1, 0.15) is 12.8 Å². The van der Waals surface area contributed by atoms with Crippen LogP contribution in [0.15, 0.2) is 39.4 Å². The van der Waals surface area contributed by atoms with E-state index in [2.05, 4.69) is 9.88 Å². The van der Waals surface area contributed by atoms with Crippen LogP contribution in [0.5, 0.6) is 0 Å². The van der Waals surface area contributed by atoms with Gasteiger partial charge in [0.25, 0.3) is 10.0 Å². The zero-order valence-electron chi connectivity index (χ0n) is 20.6. The van der Waals surface area contributed by atoms with Crippen LogP contribution in [0.2, 0.25) is 4.34 Å². The third-order valence-corrected chi connectivity index (χ3v) is 12.4. The van der Waals surface area contributed by atoms with Gasteiger partial charge in [-0.2, -0.15) is 4.31 Å². The highest BCUT2D eigenvalue weighted by molar-refractivity contribution is 7.91. The van der Waals surface area contributed by atoms with Gasteiger partial charge in [0.2, 0.25) is 5.91 Å². The number of nitrogens with zero attached hydrogens (tertiary/aromatic N) is 4. The van der Waals surface area contributed by atoms with Crippen molar-refractivity contribution in [2.24, 2.45) is 0 Å². The average Bonchev–Trinajstić information content (AvgIpc) is 3.63. The summed E-state index contributed by atoms with van der Waals surface area (Å²) in [5, 5.41) is 0.410. The molecule has 1 atom stereocenters. The smallest absolute Gasteiger partial charge is 0.253 e. The molecule has 1 amide bonds. The van der Waals surface area contributed by atoms with Crippen LogP contribution in [-0.2, 0) is 29.4 Å². The van der Waals surface area contributed by atoms with Crippen LogP contribution in [0, 0.1) is 0 Å². The highest BCUT2D eigenvalue weighted by Crippen LogP contribution is 2.35. The first-order chi connectivity index (χ1) is 18.0. The van der Waals surface area contributed by atoms with E-state index >= 15 is 0 Å². The fourth-order valence-corrected chi connectivity index (χ4v) is 9.63. The van der Waals surface area contributed by atoms with Crippen LogP contribution in [-0.4, -0.2) is 95.2 Å². The number of anilines is 1. The largest absolute Gasteiger partial charge is 0.379 e. The topological polar surface area (TPSA) is 117 Å². The Kier molecular flexibility index (Phi) is 8.14. The molecule has 3 aromatic rings. The molecule has 0 spiro atoms. The summed E-state index contributed by atoms with van der Waals surface area (Å²) in [7, 11) is -7.31. The molecule has 2 aromatic heterocycles. The second-order valence-corrected chi connectivity index (χ2v) is 16.0. The number of halogens is 1. The van der Waals surface area contributed by atoms with Crippen molar-refractivity contribution >= 4 is 75.4 Å². The average molecular weight is 619 g/mol. The van der Waals surface area contributed by atoms with E-state index in [0.29, 0.717) is 58.8 Å². The van der Waals surface area contributed by atoms with Gasteiger partial charge in [0.05, 0.1) is 32.7 Å². The maximum atomic E-state index is 14.0. The number of benzene rings is 1. The van der Waals surface area contributed by atoms with Gasteiger partial charge in [-0.1, -0.05) is 22.9 Å². The molecule has 0 aliphatic carbocycles. The number of hydrogen-bond acceptors (Lipinski definition) is 10. The summed E-state index contributed by atoms with van der Waals surface area (Å²) in [6.45, 7) is 3.82. The standard InChI is InChI=1S/C23H27ClN4O6S4/c1-37(30,31)16-4-5-17-19(15-16)35-23(25-17)27(10-9-26-11-13-34-14-12-26)22(29)18-3-2-8-28(18)38(32,33)21-7-6-20(24)36-21/h4-7,15,18H,2-3,8-14H2,1H3. The lowest BCUT2D eigenvalue weighted by Gasteiger charge is -2.31. The third-order valence-electron chi connectivity index (χ3n) is 6.62. The highest BCUT2D eigenvalue weighted by atomic mass is 35.5. The van der Waals surface area contributed by atoms with E-state index in [1.54, 1.807) is 17.0 Å². The first kappa shape index (κ1) is 27.9. The summed E-state index contributed by atoms with van der Waals surface area (Å²) in [5.74, 6) is -0.343. The Morgan fingerprint density at radius 1 is 1.13 bits per heavy atom. The second-order valence-electron chi connectivity index (χ2n) is 9.17. The van der Waals surface area contributed by atoms with Crippen molar-refractivity contribution in [1.82, 2.24) is 14.2 Å². The van der Waals surface area contributed by atoms with Gasteiger partial charge in [-0.25, -0.2) is 21.8 Å². The predicted octanol–water partition coefficient (Wildman–Crippen LogP) is 2.93. The molecule has 2 aliphatic rings. The number of rotatable bonds is 8. The number of thiazole rings is 1. The molecule has 2 saturated heterocycles. The van der Waals surface area contributed by atoms with Crippen molar-refractivity contribution < 1.29 is 26.4 Å². The van der Waals surface area contributed by atoms with E-state index in [0.717, 1.165) is 30.7 Å². The summed E-state index contributed by atoms with van der Waals surface area (Å²) in [6.07, 6.45) is 2.10. The van der Waals surface area contributed by atoms with Gasteiger partial charge in [0.1, 0.15) is 10.3 Å². The van der Waals surface area contributed by atoms with E-state index in [-0.39, 0.29) is 21.6 Å². The Morgan fingerprint density at radius 2 is 1.89 bits per heavy atom. The normalized spacial score (nSPS) is 19.8. The number of sulfonamides is 1. The Hall–Kier alpha value is -1.65. The minimum absolute atomic E-state index is 0.107. The lowest BCUT2D eigenvalue weighted by Crippen LogP contribution is -2.50. The molecule has 1 aromatic carbocycles. The lowest BCUT2D eigenvalue weighted by molar-refractivity contribution is -0.121. The number of sulfone groups is 1. The van der Waals surface area contributed by atoms with E-state index in [1.165, 1.54) is 33.8 Å². The van der Waals surface area contributed by atoms with E-state index in [9.17, 15) is 21.6 Å². The SMILES string of the molecule is CS(=O)(=O)c1ccc2nc(N(CCN3CCOCC3)C(=O)C3CCCN3S(=O)(=O)c3ccc(Cl)s3)sc2c1. The molecule has 1 unspecified atom stereocenters. The first-order valence-electron chi connectivity index (χ1n) is 12.0. The molecular weight excluding hydrogens is 592 g/mol. The number of carbonyl (C=O) groups is 1. The number of carbonyl (C=O) groups excluding carboxylic acids is 1. The number of aromatic nitrogens is 1. The highest BCUT2D eigenvalue weighted by Gasteiger charge is 2.42. The van der Waals surface area contributed by atoms with Gasteiger partial charge in [-0.05, 0) is 43.2 Å². The summed E-state index contributed by atoms with van der Waals surface area (Å²) in [6, 6.07) is 6.81. The summed E-state index contributed by atoms with van der Waals surface area (Å²) >= 11 is 8.19. The molecular formula is C23H27ClN4O6S4. The number of morpholine rings is 1. The van der Waals surface area contributed by atoms with Gasteiger partial charge < -0.3 is 4.74 Å². The Morgan fingerprint density at radius 3 is 2.58 bits per heavy atom. The fraction of sp³-hybridized carbons (Fsp3) is 0.478. The minimum Gasteiger partial charge on any atom is -0.379 e. The molecule has 5 rings (SSSR count). The van der Waals surface area contributed by atoms with Gasteiger partial charge in [0, 0.05) is 39.0 Å². The van der Waals surface area contributed by atoms with E-state index < -0.39 is 25.9 Å². The molecule has 0 bridgehead atoms. The Labute approximate surface area is 234 Å². The molecule has 2 fully saturated rings. The molecule has 38 heavy (non-hydrogen) atoms. The first-order valence-corrected chi connectivity index (χ1v) is 17.4. The molecule has 4 heterocycles. The third kappa shape index (κ3) is 5.77. The molecule has 0 radical (unpaired) electrons. The van der Waals surface area contributed by atoms with Gasteiger partial charge in [-0.3, -0.25) is 14.6 Å². The van der Waals surface area contributed by atoms with Crippen molar-refractivity contribution in [3.05, 3.63) is 34.7 Å². The van der Waals surface area contributed by atoms with Gasteiger partial charge in [0.15, 0.2) is 15.0 Å². The maximum absolute atomic E-state index is 14.0. The summed E-state index contributed by atoms with van der Waals surface area (Å²) in [5.41, 5.74) is 0.575. The summed E-state index contributed by atoms with van der Waals surface area (Å²) in [4.78, 5) is 22.6. The maximum Gasteiger partial charge on any atom is 0.253 e. The predicted molar refractivity (Wildman–Crippen MR) is 149 cm³/mol. The molecule has 206 valence electrons. The van der Waals surface area contributed by atoms with Crippen molar-refractivity contribution in [2.45, 2.75) is 28.0 Å². The number of fused-ring (bicyclic) bond motifs is 1. The number of ether oxygens (including phenoxy) is 1. The van der Waals surface area contributed by atoms with E-state index in [1.807, 2.05) is 0 Å². The second kappa shape index (κ2) is 11.1. The number of thiophene rings is 1. The van der Waals surface area contributed by atoms with Crippen LogP contribution in [0.3, 0.4) is 0 Å². The van der Waals surface area contributed by atoms with Crippen LogP contribution < -0.4 is 4.90 Å². The number of hydrogen-bond donors (Lipinski definition) is 0. The van der Waals surface area contributed by atoms with Crippen molar-refractivity contribution in [1.29, 1.82) is 0 Å². The lowest BCUT2D eigenvalue weighted by atomic mass is 10.2. The molecule has 2 aliphatic heterocycles. The van der Waals surface area contributed by atoms with Gasteiger partial charge >= 0.3 is 0 Å². The molecule has 0 N–H and O–H groups in total. The van der Waals surface area contributed by atoms with Crippen LogP contribution >= 0.6 is 34.3 Å². The molecule has 0 saturated carbocycles. The van der Waals surface area contributed by atoms with Crippen molar-refractivity contribution in [2.75, 3.05) is 57.1 Å². The molecule has 10 nitrogen and oxygen atoms in total. The minimum atomic E-state index is -3.90. The monoisotopic (exact) mass is 618 g/mol. The zero-order valence-corrected chi connectivity index (χ0v) is 24.6. The fourth-order valence-electron chi connectivity index (χ4n) is 4.61. The van der Waals surface area contributed by atoms with Crippen molar-refractivity contribution in [3.8, 4) is 0 Å². The summed E-state index contributed by atoms with van der Waals surface area (Å²) < 4.78 is 58.8. The quantitative estimate of drug-likeness (QED) is 0.378.